The van der Waals surface area contributed by atoms with Crippen molar-refractivity contribution in [1.82, 2.24) is 0 Å². The number of benzene rings is 1. The van der Waals surface area contributed by atoms with Crippen molar-refractivity contribution in [3.05, 3.63) is 34.3 Å². The molecule has 2 N–H and O–H groups in total. The van der Waals surface area contributed by atoms with E-state index in [1.807, 2.05) is 25.1 Å². The number of nitrogens with zero attached hydrogens (tertiary/aromatic N) is 1. The van der Waals surface area contributed by atoms with Crippen LogP contribution in [0.3, 0.4) is 0 Å². The van der Waals surface area contributed by atoms with Gasteiger partial charge in [0.2, 0.25) is 0 Å². The van der Waals surface area contributed by atoms with Crippen molar-refractivity contribution < 1.29 is 0 Å². The van der Waals surface area contributed by atoms with Gasteiger partial charge in [0.25, 0.3) is 0 Å². The molecule has 0 aromatic heterocycles. The van der Waals surface area contributed by atoms with Gasteiger partial charge < -0.3 is 5.73 Å². The van der Waals surface area contributed by atoms with Crippen molar-refractivity contribution in [2.45, 2.75) is 19.4 Å². The number of halogens is 1. The molecule has 0 amide bonds. The van der Waals surface area contributed by atoms with Gasteiger partial charge in [-0.1, -0.05) is 17.7 Å². The van der Waals surface area contributed by atoms with E-state index in [9.17, 15) is 0 Å². The second-order valence-electron chi connectivity index (χ2n) is 3.03. The summed E-state index contributed by atoms with van der Waals surface area (Å²) in [6.07, 6.45) is 0.319. The molecule has 3 heteroatoms. The smallest absolute Gasteiger partial charge is 0.0641 e. The molecular weight excluding hydrogens is 184 g/mol. The predicted octanol–water partition coefficient (Wildman–Crippen LogP) is 2.56. The van der Waals surface area contributed by atoms with Crippen molar-refractivity contribution in [3.63, 3.8) is 0 Å². The van der Waals surface area contributed by atoms with Gasteiger partial charge in [-0.3, -0.25) is 0 Å². The molecule has 0 aliphatic carbocycles. The first-order valence-corrected chi connectivity index (χ1v) is 4.41. The van der Waals surface area contributed by atoms with Gasteiger partial charge in [-0.05, 0) is 30.2 Å². The van der Waals surface area contributed by atoms with Crippen molar-refractivity contribution in [3.8, 4) is 6.07 Å². The largest absolute Gasteiger partial charge is 0.323 e. The summed E-state index contributed by atoms with van der Waals surface area (Å²) in [5.74, 6) is 0. The number of hydrogen-bond donors (Lipinski definition) is 1. The van der Waals surface area contributed by atoms with E-state index < -0.39 is 0 Å². The van der Waals surface area contributed by atoms with Gasteiger partial charge in [-0.15, -0.1) is 0 Å². The average Bonchev–Trinajstić information content (AvgIpc) is 2.03. The van der Waals surface area contributed by atoms with Gasteiger partial charge in [0.1, 0.15) is 0 Å². The number of rotatable bonds is 2. The Morgan fingerprint density at radius 1 is 1.54 bits per heavy atom. The molecule has 0 aliphatic heterocycles. The second kappa shape index (κ2) is 4.27. The van der Waals surface area contributed by atoms with Crippen molar-refractivity contribution in [2.75, 3.05) is 0 Å². The first kappa shape index (κ1) is 10.0. The zero-order chi connectivity index (χ0) is 9.84. The maximum Gasteiger partial charge on any atom is 0.0641 e. The molecule has 0 saturated carbocycles. The van der Waals surface area contributed by atoms with Gasteiger partial charge >= 0.3 is 0 Å². The summed E-state index contributed by atoms with van der Waals surface area (Å²) >= 11 is 5.86. The normalized spacial score (nSPS) is 12.2. The summed E-state index contributed by atoms with van der Waals surface area (Å²) in [4.78, 5) is 0. The Morgan fingerprint density at radius 2 is 2.23 bits per heavy atom. The zero-order valence-electron chi connectivity index (χ0n) is 7.42. The predicted molar refractivity (Wildman–Crippen MR) is 53.3 cm³/mol. The maximum absolute atomic E-state index is 8.47. The van der Waals surface area contributed by atoms with E-state index in [2.05, 4.69) is 0 Å². The van der Waals surface area contributed by atoms with E-state index in [1.165, 1.54) is 0 Å². The molecule has 68 valence electrons. The lowest BCUT2D eigenvalue weighted by Crippen LogP contribution is -2.09. The summed E-state index contributed by atoms with van der Waals surface area (Å²) in [6.45, 7) is 1.95. The fourth-order valence-corrected chi connectivity index (χ4v) is 1.49. The fraction of sp³-hybridized carbons (Fsp3) is 0.300. The minimum atomic E-state index is -0.234. The van der Waals surface area contributed by atoms with Crippen molar-refractivity contribution in [2.24, 2.45) is 5.73 Å². The monoisotopic (exact) mass is 194 g/mol. The summed E-state index contributed by atoms with van der Waals surface area (Å²) < 4.78 is 0. The topological polar surface area (TPSA) is 49.8 Å². The van der Waals surface area contributed by atoms with Gasteiger partial charge in [0.15, 0.2) is 0 Å². The third-order valence-corrected chi connectivity index (χ3v) is 2.02. The highest BCUT2D eigenvalue weighted by molar-refractivity contribution is 6.30. The molecule has 2 nitrogen and oxygen atoms in total. The van der Waals surface area contributed by atoms with Crippen LogP contribution in [0.2, 0.25) is 5.02 Å². The van der Waals surface area contributed by atoms with Crippen LogP contribution in [0.5, 0.6) is 0 Å². The number of nitrogens with two attached hydrogens (primary N) is 1. The second-order valence-corrected chi connectivity index (χ2v) is 3.47. The van der Waals surface area contributed by atoms with Crippen molar-refractivity contribution in [1.29, 1.82) is 5.26 Å². The van der Waals surface area contributed by atoms with E-state index in [-0.39, 0.29) is 6.04 Å². The van der Waals surface area contributed by atoms with Crippen LogP contribution in [-0.2, 0) is 0 Å². The van der Waals surface area contributed by atoms with Crippen LogP contribution in [0.25, 0.3) is 0 Å². The van der Waals surface area contributed by atoms with E-state index in [0.29, 0.717) is 11.4 Å². The van der Waals surface area contributed by atoms with Crippen LogP contribution in [0.1, 0.15) is 23.6 Å². The molecule has 1 unspecified atom stereocenters. The molecule has 0 aliphatic rings. The molecule has 1 atom stereocenters. The average molecular weight is 195 g/mol. The third kappa shape index (κ3) is 2.73. The van der Waals surface area contributed by atoms with Crippen molar-refractivity contribution >= 4 is 11.6 Å². The molecular formula is C10H11ClN2. The Bertz CT molecular complexity index is 321. The Kier molecular flexibility index (Phi) is 3.30. The molecule has 0 bridgehead atoms. The van der Waals surface area contributed by atoms with Gasteiger partial charge in [0, 0.05) is 11.1 Å². The Morgan fingerprint density at radius 3 is 2.77 bits per heavy atom. The number of aryl methyl sites for hydroxylation is 1. The van der Waals surface area contributed by atoms with Gasteiger partial charge in [0.05, 0.1) is 12.5 Å². The molecule has 1 aromatic rings. The van der Waals surface area contributed by atoms with E-state index >= 15 is 0 Å². The zero-order valence-corrected chi connectivity index (χ0v) is 8.17. The molecule has 0 saturated heterocycles. The van der Waals surface area contributed by atoms with E-state index in [0.717, 1.165) is 11.1 Å². The highest BCUT2D eigenvalue weighted by Crippen LogP contribution is 2.20. The molecule has 1 aromatic carbocycles. The molecule has 13 heavy (non-hydrogen) atoms. The fourth-order valence-electron chi connectivity index (χ4n) is 1.19. The Balaban J connectivity index is 2.95. The lowest BCUT2D eigenvalue weighted by atomic mass is 10.0. The molecule has 0 radical (unpaired) electrons. The Labute approximate surface area is 82.9 Å². The van der Waals surface area contributed by atoms with Crippen LogP contribution in [0, 0.1) is 18.3 Å². The summed E-state index contributed by atoms with van der Waals surface area (Å²) in [7, 11) is 0. The highest BCUT2D eigenvalue weighted by atomic mass is 35.5. The summed E-state index contributed by atoms with van der Waals surface area (Å²) in [6, 6.07) is 7.42. The molecule has 1 rings (SSSR count). The molecule has 0 fully saturated rings. The van der Waals surface area contributed by atoms with Gasteiger partial charge in [-0.25, -0.2) is 0 Å². The van der Waals surface area contributed by atoms with Crippen LogP contribution in [0.15, 0.2) is 18.2 Å². The first-order valence-electron chi connectivity index (χ1n) is 4.03. The quantitative estimate of drug-likeness (QED) is 0.787. The van der Waals surface area contributed by atoms with Crippen LogP contribution < -0.4 is 5.73 Å². The lowest BCUT2D eigenvalue weighted by molar-refractivity contribution is 0.748. The Hall–Kier alpha value is -1.04. The highest BCUT2D eigenvalue weighted by Gasteiger charge is 2.06. The number of hydrogen-bond acceptors (Lipinski definition) is 2. The number of nitriles is 1. The van der Waals surface area contributed by atoms with Crippen LogP contribution >= 0.6 is 11.6 Å². The standard InChI is InChI=1S/C10H11ClN2/c1-7-4-8(6-9(11)5-7)10(13)2-3-12/h4-6,10H,2,13H2,1H3. The lowest BCUT2D eigenvalue weighted by Gasteiger charge is -2.09. The summed E-state index contributed by atoms with van der Waals surface area (Å²) in [5.41, 5.74) is 7.75. The molecule has 0 heterocycles. The van der Waals surface area contributed by atoms with Crippen LogP contribution in [0.4, 0.5) is 0 Å². The summed E-state index contributed by atoms with van der Waals surface area (Å²) in [5, 5.41) is 9.14. The van der Waals surface area contributed by atoms with E-state index in [1.54, 1.807) is 6.07 Å². The van der Waals surface area contributed by atoms with E-state index in [4.69, 9.17) is 22.6 Å². The first-order chi connectivity index (χ1) is 6.13. The van der Waals surface area contributed by atoms with Gasteiger partial charge in [-0.2, -0.15) is 5.26 Å². The van der Waals surface area contributed by atoms with Crippen LogP contribution in [-0.4, -0.2) is 0 Å². The minimum absolute atomic E-state index is 0.234. The third-order valence-electron chi connectivity index (χ3n) is 1.80. The minimum Gasteiger partial charge on any atom is -0.323 e. The SMILES string of the molecule is Cc1cc(Cl)cc(C(N)CC#N)c1. The molecule has 0 spiro atoms. The maximum atomic E-state index is 8.47.